The van der Waals surface area contributed by atoms with Gasteiger partial charge in [0.1, 0.15) is 0 Å². The van der Waals surface area contributed by atoms with Crippen LogP contribution in [0.25, 0.3) is 0 Å². The number of hydrogen-bond acceptors (Lipinski definition) is 1. The molecular formula is C31H55N. The summed E-state index contributed by atoms with van der Waals surface area (Å²) in [5.41, 5.74) is 0. The fourth-order valence-electron chi connectivity index (χ4n) is 9.38. The summed E-state index contributed by atoms with van der Waals surface area (Å²) in [5, 5.41) is 0. The van der Waals surface area contributed by atoms with Crippen LogP contribution in [0.4, 0.5) is 0 Å². The van der Waals surface area contributed by atoms with Gasteiger partial charge >= 0.3 is 0 Å². The van der Waals surface area contributed by atoms with Crippen molar-refractivity contribution in [2.45, 2.75) is 166 Å². The lowest BCUT2D eigenvalue weighted by Gasteiger charge is -2.49. The molecular weight excluding hydrogens is 386 g/mol. The van der Waals surface area contributed by atoms with E-state index in [4.69, 9.17) is 0 Å². The maximum absolute atomic E-state index is 3.18. The normalized spacial score (nSPS) is 41.1. The van der Waals surface area contributed by atoms with Gasteiger partial charge in [-0.3, -0.25) is 4.90 Å². The second-order valence-electron chi connectivity index (χ2n) is 13.3. The molecule has 0 saturated heterocycles. The molecule has 0 unspecified atom stereocenters. The van der Waals surface area contributed by atoms with Gasteiger partial charge in [-0.15, -0.1) is 0 Å². The largest absolute Gasteiger partial charge is 0.294 e. The summed E-state index contributed by atoms with van der Waals surface area (Å²) in [6.45, 7) is 2.50. The number of rotatable bonds is 5. The minimum absolute atomic E-state index is 0.932. The third kappa shape index (κ3) is 5.78. The SMILES string of the molecule is CC1CCC(N(C2CCCCC2)C2CCC(C3CCC(C4CCCCC4)CC3)CC2)CC1. The summed E-state index contributed by atoms with van der Waals surface area (Å²) in [4.78, 5) is 3.18. The minimum Gasteiger partial charge on any atom is -0.294 e. The molecule has 5 fully saturated rings. The van der Waals surface area contributed by atoms with Crippen LogP contribution in [0, 0.1) is 29.6 Å². The highest BCUT2D eigenvalue weighted by atomic mass is 15.2. The van der Waals surface area contributed by atoms with Gasteiger partial charge in [0.05, 0.1) is 0 Å². The standard InChI is InChI=1S/C31H55N/c1-24-12-20-30(21-13-24)32(29-10-6-3-7-11-29)31-22-18-28(19-23-31)27-16-14-26(15-17-27)25-8-4-2-5-9-25/h24-31H,2-23H2,1H3. The van der Waals surface area contributed by atoms with Crippen molar-refractivity contribution in [1.82, 2.24) is 4.90 Å². The number of hydrogen-bond donors (Lipinski definition) is 0. The van der Waals surface area contributed by atoms with Crippen LogP contribution in [0.15, 0.2) is 0 Å². The lowest BCUT2D eigenvalue weighted by molar-refractivity contribution is 0.00280. The van der Waals surface area contributed by atoms with Crippen LogP contribution in [-0.2, 0) is 0 Å². The van der Waals surface area contributed by atoms with E-state index in [1.54, 1.807) is 51.4 Å². The van der Waals surface area contributed by atoms with Crippen LogP contribution in [0.5, 0.6) is 0 Å². The predicted octanol–water partition coefficient (Wildman–Crippen LogP) is 9.15. The first-order chi connectivity index (χ1) is 15.8. The molecule has 0 radical (unpaired) electrons. The van der Waals surface area contributed by atoms with Gasteiger partial charge in [-0.05, 0) is 119 Å². The third-order valence-electron chi connectivity index (χ3n) is 11.4. The molecule has 5 aliphatic carbocycles. The topological polar surface area (TPSA) is 3.24 Å². The van der Waals surface area contributed by atoms with Gasteiger partial charge in [0.25, 0.3) is 0 Å². The van der Waals surface area contributed by atoms with E-state index in [9.17, 15) is 0 Å². The Kier molecular flexibility index (Phi) is 8.58. The van der Waals surface area contributed by atoms with Gasteiger partial charge in [0, 0.05) is 18.1 Å². The van der Waals surface area contributed by atoms with Gasteiger partial charge in [-0.25, -0.2) is 0 Å². The van der Waals surface area contributed by atoms with E-state index < -0.39 is 0 Å². The fourth-order valence-corrected chi connectivity index (χ4v) is 9.38. The lowest BCUT2D eigenvalue weighted by Crippen LogP contribution is -2.52. The fraction of sp³-hybridized carbons (Fsp3) is 1.00. The van der Waals surface area contributed by atoms with Crippen molar-refractivity contribution < 1.29 is 0 Å². The van der Waals surface area contributed by atoms with Gasteiger partial charge < -0.3 is 0 Å². The van der Waals surface area contributed by atoms with Crippen molar-refractivity contribution in [2.24, 2.45) is 29.6 Å². The lowest BCUT2D eigenvalue weighted by atomic mass is 9.66. The Labute approximate surface area is 200 Å². The molecule has 0 amide bonds. The highest BCUT2D eigenvalue weighted by Crippen LogP contribution is 2.46. The Balaban J connectivity index is 1.13. The molecule has 1 nitrogen and oxygen atoms in total. The maximum atomic E-state index is 3.18. The summed E-state index contributed by atoms with van der Waals surface area (Å²) in [5.74, 6) is 5.38. The maximum Gasteiger partial charge on any atom is 0.0101 e. The number of nitrogens with zero attached hydrogens (tertiary/aromatic N) is 1. The molecule has 0 spiro atoms. The van der Waals surface area contributed by atoms with E-state index in [-0.39, 0.29) is 0 Å². The van der Waals surface area contributed by atoms with Crippen LogP contribution in [-0.4, -0.2) is 23.0 Å². The van der Waals surface area contributed by atoms with E-state index in [0.717, 1.165) is 47.7 Å². The summed E-state index contributed by atoms with van der Waals surface area (Å²) < 4.78 is 0. The van der Waals surface area contributed by atoms with Gasteiger partial charge in [0.15, 0.2) is 0 Å². The molecule has 184 valence electrons. The van der Waals surface area contributed by atoms with Crippen LogP contribution < -0.4 is 0 Å². The molecule has 0 aromatic carbocycles. The molecule has 0 heterocycles. The van der Waals surface area contributed by atoms with Crippen LogP contribution >= 0.6 is 0 Å². The second-order valence-corrected chi connectivity index (χ2v) is 13.3. The van der Waals surface area contributed by atoms with Crippen molar-refractivity contribution in [2.75, 3.05) is 0 Å². The van der Waals surface area contributed by atoms with Crippen LogP contribution in [0.3, 0.4) is 0 Å². The van der Waals surface area contributed by atoms with E-state index in [1.165, 1.54) is 89.9 Å². The van der Waals surface area contributed by atoms with Gasteiger partial charge in [-0.2, -0.15) is 0 Å². The smallest absolute Gasteiger partial charge is 0.0101 e. The Morgan fingerprint density at radius 1 is 0.344 bits per heavy atom. The Hall–Kier alpha value is -0.0400. The van der Waals surface area contributed by atoms with Crippen molar-refractivity contribution in [3.8, 4) is 0 Å². The van der Waals surface area contributed by atoms with Gasteiger partial charge in [0.2, 0.25) is 0 Å². The van der Waals surface area contributed by atoms with Crippen molar-refractivity contribution in [1.29, 1.82) is 0 Å². The van der Waals surface area contributed by atoms with E-state index in [1.807, 2.05) is 0 Å². The quantitative estimate of drug-likeness (QED) is 0.411. The van der Waals surface area contributed by atoms with Gasteiger partial charge in [-0.1, -0.05) is 58.3 Å². The van der Waals surface area contributed by atoms with E-state index >= 15 is 0 Å². The average molecular weight is 442 g/mol. The zero-order valence-corrected chi connectivity index (χ0v) is 21.6. The molecule has 5 aliphatic rings. The molecule has 32 heavy (non-hydrogen) atoms. The summed E-state index contributed by atoms with van der Waals surface area (Å²) in [6.07, 6.45) is 33.8. The van der Waals surface area contributed by atoms with E-state index in [0.29, 0.717) is 0 Å². The zero-order chi connectivity index (χ0) is 21.8. The second kappa shape index (κ2) is 11.6. The monoisotopic (exact) mass is 441 g/mol. The van der Waals surface area contributed by atoms with Crippen molar-refractivity contribution in [3.63, 3.8) is 0 Å². The van der Waals surface area contributed by atoms with Crippen LogP contribution in [0.2, 0.25) is 0 Å². The van der Waals surface area contributed by atoms with Crippen LogP contribution in [0.1, 0.15) is 148 Å². The minimum atomic E-state index is 0.932. The Bertz CT molecular complexity index is 521. The van der Waals surface area contributed by atoms with Crippen molar-refractivity contribution >= 4 is 0 Å². The summed E-state index contributed by atoms with van der Waals surface area (Å²) >= 11 is 0. The molecule has 1 heteroatoms. The molecule has 0 N–H and O–H groups in total. The Morgan fingerprint density at radius 3 is 1.19 bits per heavy atom. The predicted molar refractivity (Wildman–Crippen MR) is 138 cm³/mol. The molecule has 0 bridgehead atoms. The highest BCUT2D eigenvalue weighted by molar-refractivity contribution is 4.93. The molecule has 0 atom stereocenters. The summed E-state index contributed by atoms with van der Waals surface area (Å²) in [7, 11) is 0. The first-order valence-corrected chi connectivity index (χ1v) is 15.6. The molecule has 5 rings (SSSR count). The molecule has 0 aromatic rings. The average Bonchev–Trinajstić information content (AvgIpc) is 2.87. The Morgan fingerprint density at radius 2 is 0.688 bits per heavy atom. The molecule has 5 saturated carbocycles. The van der Waals surface area contributed by atoms with Crippen molar-refractivity contribution in [3.05, 3.63) is 0 Å². The summed E-state index contributed by atoms with van der Waals surface area (Å²) in [6, 6.07) is 2.81. The first kappa shape index (κ1) is 23.7. The molecule has 0 aromatic heterocycles. The van der Waals surface area contributed by atoms with E-state index in [2.05, 4.69) is 11.8 Å². The molecule has 0 aliphatic heterocycles. The third-order valence-corrected chi connectivity index (χ3v) is 11.4. The zero-order valence-electron chi connectivity index (χ0n) is 21.6. The highest BCUT2D eigenvalue weighted by Gasteiger charge is 2.39. The first-order valence-electron chi connectivity index (χ1n) is 15.6.